The minimum absolute atomic E-state index is 0.112. The molecule has 0 spiro atoms. The van der Waals surface area contributed by atoms with Gasteiger partial charge < -0.3 is 4.74 Å². The Morgan fingerprint density at radius 2 is 1.69 bits per heavy atom. The van der Waals surface area contributed by atoms with Gasteiger partial charge in [0.05, 0.1) is 22.2 Å². The van der Waals surface area contributed by atoms with Gasteiger partial charge in [0.15, 0.2) is 5.13 Å². The van der Waals surface area contributed by atoms with Crippen LogP contribution in [0.1, 0.15) is 21.5 Å². The molecule has 1 heterocycles. The second-order valence-electron chi connectivity index (χ2n) is 7.26. The number of sulfonamides is 1. The van der Waals surface area contributed by atoms with Gasteiger partial charge in [0.1, 0.15) is 5.75 Å². The Bertz CT molecular complexity index is 1390. The van der Waals surface area contributed by atoms with E-state index in [2.05, 4.69) is 21.1 Å². The van der Waals surface area contributed by atoms with Gasteiger partial charge in [-0.2, -0.15) is 0 Å². The molecule has 164 valence electrons. The average molecular weight is 468 g/mol. The van der Waals surface area contributed by atoms with Crippen LogP contribution in [-0.2, 0) is 10.0 Å². The maximum atomic E-state index is 12.6. The molecule has 4 aromatic rings. The minimum atomic E-state index is -3.76. The van der Waals surface area contributed by atoms with Crippen LogP contribution in [0.2, 0.25) is 0 Å². The van der Waals surface area contributed by atoms with E-state index in [9.17, 15) is 13.2 Å². The number of carbonyl (C=O) groups excluding carboxylic acids is 1. The number of hydrogen-bond acceptors (Lipinski definition) is 6. The van der Waals surface area contributed by atoms with Crippen molar-refractivity contribution in [3.05, 3.63) is 77.4 Å². The summed E-state index contributed by atoms with van der Waals surface area (Å²) in [5.41, 5.74) is 3.82. The van der Waals surface area contributed by atoms with Crippen molar-refractivity contribution in [1.29, 1.82) is 0 Å². The van der Waals surface area contributed by atoms with Crippen LogP contribution in [0.25, 0.3) is 10.2 Å². The number of fused-ring (bicyclic) bond motifs is 1. The molecule has 0 aliphatic heterocycles. The molecule has 4 rings (SSSR count). The molecular weight excluding hydrogens is 446 g/mol. The summed E-state index contributed by atoms with van der Waals surface area (Å²) in [7, 11) is -2.24. The molecule has 2 N–H and O–H groups in total. The molecule has 0 saturated heterocycles. The zero-order valence-electron chi connectivity index (χ0n) is 17.7. The third-order valence-corrected chi connectivity index (χ3v) is 7.13. The van der Waals surface area contributed by atoms with Gasteiger partial charge in [-0.15, -0.1) is 0 Å². The fraction of sp³-hybridized carbons (Fsp3) is 0.130. The van der Waals surface area contributed by atoms with E-state index >= 15 is 0 Å². The number of hydrogen-bond donors (Lipinski definition) is 2. The first-order chi connectivity index (χ1) is 15.2. The second kappa shape index (κ2) is 8.60. The molecule has 1 amide bonds. The highest BCUT2D eigenvalue weighted by atomic mass is 32.2. The maximum Gasteiger partial charge on any atom is 0.261 e. The Kier molecular flexibility index (Phi) is 5.86. The molecule has 0 saturated carbocycles. The molecule has 0 unspecified atom stereocenters. The summed E-state index contributed by atoms with van der Waals surface area (Å²) in [5, 5.41) is 3.33. The molecule has 7 nitrogen and oxygen atoms in total. The van der Waals surface area contributed by atoms with Crippen molar-refractivity contribution in [2.24, 2.45) is 0 Å². The summed E-state index contributed by atoms with van der Waals surface area (Å²) < 4.78 is 33.7. The van der Waals surface area contributed by atoms with E-state index in [-0.39, 0.29) is 10.8 Å². The van der Waals surface area contributed by atoms with Crippen LogP contribution in [0.15, 0.2) is 65.6 Å². The monoisotopic (exact) mass is 467 g/mol. The fourth-order valence-corrected chi connectivity index (χ4v) is 5.35. The maximum absolute atomic E-state index is 12.6. The summed E-state index contributed by atoms with van der Waals surface area (Å²) in [6.45, 7) is 4.02. The molecule has 0 radical (unpaired) electrons. The van der Waals surface area contributed by atoms with E-state index in [1.54, 1.807) is 36.4 Å². The summed E-state index contributed by atoms with van der Waals surface area (Å²) in [6.07, 6.45) is 0. The molecule has 0 aliphatic rings. The van der Waals surface area contributed by atoms with Crippen LogP contribution in [0.5, 0.6) is 5.75 Å². The molecule has 9 heteroatoms. The number of rotatable bonds is 6. The Hall–Kier alpha value is -3.43. The van der Waals surface area contributed by atoms with E-state index < -0.39 is 10.0 Å². The van der Waals surface area contributed by atoms with Crippen LogP contribution in [0.4, 0.5) is 10.8 Å². The first-order valence-electron chi connectivity index (χ1n) is 9.71. The van der Waals surface area contributed by atoms with E-state index in [0.717, 1.165) is 21.3 Å². The number of thiazole rings is 1. The van der Waals surface area contributed by atoms with Gasteiger partial charge in [-0.3, -0.25) is 14.8 Å². The van der Waals surface area contributed by atoms with Crippen molar-refractivity contribution in [3.8, 4) is 5.75 Å². The van der Waals surface area contributed by atoms with Crippen molar-refractivity contribution in [3.63, 3.8) is 0 Å². The van der Waals surface area contributed by atoms with Crippen LogP contribution in [0, 0.1) is 13.8 Å². The van der Waals surface area contributed by atoms with Gasteiger partial charge in [0.2, 0.25) is 0 Å². The first-order valence-corrected chi connectivity index (χ1v) is 12.0. The molecule has 0 bridgehead atoms. The van der Waals surface area contributed by atoms with Crippen LogP contribution < -0.4 is 14.8 Å². The normalized spacial score (nSPS) is 11.3. The van der Waals surface area contributed by atoms with E-state index in [1.165, 1.54) is 30.6 Å². The van der Waals surface area contributed by atoms with E-state index in [1.807, 2.05) is 19.9 Å². The molecular formula is C23H21N3O4S2. The topological polar surface area (TPSA) is 97.4 Å². The van der Waals surface area contributed by atoms with Crippen LogP contribution >= 0.6 is 11.3 Å². The predicted octanol–water partition coefficient (Wildman–Crippen LogP) is 4.97. The van der Waals surface area contributed by atoms with Crippen LogP contribution in [0.3, 0.4) is 0 Å². The summed E-state index contributed by atoms with van der Waals surface area (Å²) >= 11 is 1.42. The quantitative estimate of drug-likeness (QED) is 0.417. The van der Waals surface area contributed by atoms with Crippen LogP contribution in [-0.4, -0.2) is 26.4 Å². The van der Waals surface area contributed by atoms with E-state index in [0.29, 0.717) is 22.1 Å². The highest BCUT2D eigenvalue weighted by Gasteiger charge is 2.15. The molecule has 0 atom stereocenters. The molecule has 1 aromatic heterocycles. The summed E-state index contributed by atoms with van der Waals surface area (Å²) in [5.74, 6) is 0.251. The number of ether oxygens (including phenoxy) is 1. The largest absolute Gasteiger partial charge is 0.497 e. The summed E-state index contributed by atoms with van der Waals surface area (Å²) in [4.78, 5) is 17.3. The summed E-state index contributed by atoms with van der Waals surface area (Å²) in [6, 6.07) is 16.4. The number of nitrogens with one attached hydrogen (secondary N) is 2. The third kappa shape index (κ3) is 4.58. The van der Waals surface area contributed by atoms with E-state index in [4.69, 9.17) is 4.74 Å². The van der Waals surface area contributed by atoms with Gasteiger partial charge in [0, 0.05) is 11.3 Å². The highest BCUT2D eigenvalue weighted by molar-refractivity contribution is 7.92. The van der Waals surface area contributed by atoms with Crippen molar-refractivity contribution >= 4 is 48.3 Å². The second-order valence-corrected chi connectivity index (χ2v) is 9.97. The Morgan fingerprint density at radius 3 is 2.34 bits per heavy atom. The number of aromatic nitrogens is 1. The van der Waals surface area contributed by atoms with Gasteiger partial charge in [-0.05, 0) is 79.6 Å². The number of aryl methyl sites for hydroxylation is 2. The van der Waals surface area contributed by atoms with Crippen molar-refractivity contribution in [1.82, 2.24) is 4.98 Å². The fourth-order valence-electron chi connectivity index (χ4n) is 3.25. The zero-order chi connectivity index (χ0) is 22.9. The first kappa shape index (κ1) is 21.8. The number of nitrogens with zero attached hydrogens (tertiary/aromatic N) is 1. The standard InChI is InChI=1S/C23H21N3O4S2/c1-14-12-15(2)21-20(13-14)31-23(24-21)25-22(27)16-4-6-17(7-5-16)26-32(28,29)19-10-8-18(30-3)9-11-19/h4-13,26H,1-3H3,(H,24,25,27). The lowest BCUT2D eigenvalue weighted by atomic mass is 10.1. The van der Waals surface area contributed by atoms with Gasteiger partial charge in [-0.25, -0.2) is 13.4 Å². The SMILES string of the molecule is COc1ccc(S(=O)(=O)Nc2ccc(C(=O)Nc3nc4c(C)cc(C)cc4s3)cc2)cc1. The van der Waals surface area contributed by atoms with Gasteiger partial charge >= 0.3 is 0 Å². The van der Waals surface area contributed by atoms with Crippen molar-refractivity contribution in [2.75, 3.05) is 17.1 Å². The average Bonchev–Trinajstić information content (AvgIpc) is 3.16. The number of benzene rings is 3. The molecule has 32 heavy (non-hydrogen) atoms. The predicted molar refractivity (Wildman–Crippen MR) is 127 cm³/mol. The molecule has 3 aromatic carbocycles. The molecule has 0 aliphatic carbocycles. The smallest absolute Gasteiger partial charge is 0.261 e. The Balaban J connectivity index is 1.47. The lowest BCUT2D eigenvalue weighted by Gasteiger charge is -2.09. The van der Waals surface area contributed by atoms with Crippen molar-refractivity contribution < 1.29 is 17.9 Å². The number of methoxy groups -OCH3 is 1. The van der Waals surface area contributed by atoms with Gasteiger partial charge in [0.25, 0.3) is 15.9 Å². The zero-order valence-corrected chi connectivity index (χ0v) is 19.3. The highest BCUT2D eigenvalue weighted by Crippen LogP contribution is 2.29. The third-order valence-electron chi connectivity index (χ3n) is 4.82. The number of carbonyl (C=O) groups is 1. The lowest BCUT2D eigenvalue weighted by molar-refractivity contribution is 0.102. The van der Waals surface area contributed by atoms with Gasteiger partial charge in [-0.1, -0.05) is 17.4 Å². The number of anilines is 2. The Labute approximate surface area is 190 Å². The lowest BCUT2D eigenvalue weighted by Crippen LogP contribution is -2.14. The minimum Gasteiger partial charge on any atom is -0.497 e. The Morgan fingerprint density at radius 1 is 1.00 bits per heavy atom. The molecule has 0 fully saturated rings. The number of amides is 1. The van der Waals surface area contributed by atoms with Crippen molar-refractivity contribution in [2.45, 2.75) is 18.7 Å².